The summed E-state index contributed by atoms with van der Waals surface area (Å²) in [7, 11) is 0. The van der Waals surface area contributed by atoms with Gasteiger partial charge in [-0.25, -0.2) is 0 Å². The molecule has 1 saturated heterocycles. The Hall–Kier alpha value is -1.31. The van der Waals surface area contributed by atoms with Crippen LogP contribution in [0.4, 0.5) is 0 Å². The van der Waals surface area contributed by atoms with Crippen LogP contribution in [0.15, 0.2) is 30.3 Å². The molecule has 2 bridgehead atoms. The summed E-state index contributed by atoms with van der Waals surface area (Å²) >= 11 is 0. The van der Waals surface area contributed by atoms with Crippen molar-refractivity contribution in [2.24, 2.45) is 5.92 Å². The first-order chi connectivity index (χ1) is 7.25. The van der Waals surface area contributed by atoms with Gasteiger partial charge in [-0.3, -0.25) is 4.79 Å². The summed E-state index contributed by atoms with van der Waals surface area (Å²) < 4.78 is 5.39. The third kappa shape index (κ3) is 0.969. The van der Waals surface area contributed by atoms with Crippen LogP contribution in [-0.4, -0.2) is 12.1 Å². The van der Waals surface area contributed by atoms with E-state index in [4.69, 9.17) is 4.74 Å². The molecule has 1 aromatic carbocycles. The topological polar surface area (TPSA) is 26.3 Å². The van der Waals surface area contributed by atoms with E-state index in [-0.39, 0.29) is 17.5 Å². The van der Waals surface area contributed by atoms with E-state index in [0.717, 1.165) is 18.4 Å². The first kappa shape index (κ1) is 8.96. The number of fused-ring (bicyclic) bond motifs is 2. The number of hydrogen-bond donors (Lipinski definition) is 0. The molecule has 0 radical (unpaired) electrons. The number of hydrogen-bond acceptors (Lipinski definition) is 2. The van der Waals surface area contributed by atoms with E-state index in [1.807, 2.05) is 30.3 Å². The number of carbonyl (C=O) groups is 1. The molecule has 0 spiro atoms. The van der Waals surface area contributed by atoms with Gasteiger partial charge in [-0.1, -0.05) is 37.3 Å². The van der Waals surface area contributed by atoms with Crippen molar-refractivity contribution in [2.75, 3.05) is 0 Å². The second kappa shape index (κ2) is 2.84. The maximum Gasteiger partial charge on any atom is 0.317 e. The van der Waals surface area contributed by atoms with E-state index in [2.05, 4.69) is 6.92 Å². The van der Waals surface area contributed by atoms with Gasteiger partial charge in [0, 0.05) is 5.92 Å². The summed E-state index contributed by atoms with van der Waals surface area (Å²) in [6.45, 7) is 2.13. The van der Waals surface area contributed by atoms with Crippen LogP contribution < -0.4 is 0 Å². The highest BCUT2D eigenvalue weighted by Gasteiger charge is 2.60. The van der Waals surface area contributed by atoms with Crippen molar-refractivity contribution in [3.63, 3.8) is 0 Å². The number of benzene rings is 1. The Bertz CT molecular complexity index is 398. The van der Waals surface area contributed by atoms with E-state index in [1.54, 1.807) is 0 Å². The van der Waals surface area contributed by atoms with Crippen LogP contribution >= 0.6 is 0 Å². The maximum atomic E-state index is 11.9. The van der Waals surface area contributed by atoms with Gasteiger partial charge in [-0.05, 0) is 18.4 Å². The normalized spacial score (nSPS) is 38.1. The molecule has 1 aliphatic heterocycles. The van der Waals surface area contributed by atoms with Crippen LogP contribution in [0.1, 0.15) is 25.3 Å². The molecule has 0 unspecified atom stereocenters. The molecule has 1 aliphatic carbocycles. The Kier molecular flexibility index (Phi) is 1.70. The molecule has 1 heterocycles. The Balaban J connectivity index is 2.13. The predicted molar refractivity (Wildman–Crippen MR) is 56.4 cm³/mol. The van der Waals surface area contributed by atoms with Crippen molar-refractivity contribution in [1.29, 1.82) is 0 Å². The largest absolute Gasteiger partial charge is 0.461 e. The fourth-order valence-electron chi connectivity index (χ4n) is 3.12. The lowest BCUT2D eigenvalue weighted by atomic mass is 9.74. The van der Waals surface area contributed by atoms with Gasteiger partial charge >= 0.3 is 5.97 Å². The maximum absolute atomic E-state index is 11.9. The summed E-state index contributed by atoms with van der Waals surface area (Å²) in [5.74, 6) is 0.310. The third-order valence-corrected chi connectivity index (χ3v) is 4.07. The van der Waals surface area contributed by atoms with Crippen LogP contribution in [0, 0.1) is 5.92 Å². The smallest absolute Gasteiger partial charge is 0.317 e. The van der Waals surface area contributed by atoms with Gasteiger partial charge in [0.2, 0.25) is 0 Å². The van der Waals surface area contributed by atoms with Gasteiger partial charge in [0.25, 0.3) is 0 Å². The zero-order chi connectivity index (χ0) is 10.5. The van der Waals surface area contributed by atoms with Crippen molar-refractivity contribution < 1.29 is 9.53 Å². The minimum Gasteiger partial charge on any atom is -0.461 e. The SMILES string of the molecule is C[C@H]1[C@@H]2CC[C@]1(c1ccccc1)C(=O)O2. The molecule has 2 heteroatoms. The fourth-order valence-corrected chi connectivity index (χ4v) is 3.12. The summed E-state index contributed by atoms with van der Waals surface area (Å²) in [6, 6.07) is 10.1. The van der Waals surface area contributed by atoms with Crippen molar-refractivity contribution in [3.8, 4) is 0 Å². The second-order valence-electron chi connectivity index (χ2n) is 4.61. The van der Waals surface area contributed by atoms with Gasteiger partial charge in [0.1, 0.15) is 6.10 Å². The van der Waals surface area contributed by atoms with Crippen molar-refractivity contribution in [1.82, 2.24) is 0 Å². The Morgan fingerprint density at radius 1 is 1.33 bits per heavy atom. The zero-order valence-electron chi connectivity index (χ0n) is 8.77. The van der Waals surface area contributed by atoms with Gasteiger partial charge in [0.15, 0.2) is 0 Å². The first-order valence-electron chi connectivity index (χ1n) is 5.52. The minimum absolute atomic E-state index is 0.0162. The van der Waals surface area contributed by atoms with Gasteiger partial charge < -0.3 is 4.74 Å². The lowest BCUT2D eigenvalue weighted by Crippen LogP contribution is -2.34. The van der Waals surface area contributed by atoms with Gasteiger partial charge in [-0.15, -0.1) is 0 Å². The van der Waals surface area contributed by atoms with Gasteiger partial charge in [0.05, 0.1) is 5.41 Å². The summed E-state index contributed by atoms with van der Waals surface area (Å²) in [6.07, 6.45) is 2.11. The molecule has 2 fully saturated rings. The molecule has 78 valence electrons. The highest BCUT2D eigenvalue weighted by Crippen LogP contribution is 2.52. The molecule has 3 rings (SSSR count). The van der Waals surface area contributed by atoms with Crippen LogP contribution in [0.25, 0.3) is 0 Å². The molecule has 0 N–H and O–H groups in total. The van der Waals surface area contributed by atoms with Gasteiger partial charge in [-0.2, -0.15) is 0 Å². The van der Waals surface area contributed by atoms with Crippen molar-refractivity contribution in [3.05, 3.63) is 35.9 Å². The Labute approximate surface area is 89.2 Å². The Morgan fingerprint density at radius 3 is 2.60 bits per heavy atom. The molecule has 15 heavy (non-hydrogen) atoms. The summed E-state index contributed by atoms with van der Waals surface area (Å²) in [4.78, 5) is 11.9. The van der Waals surface area contributed by atoms with E-state index in [0.29, 0.717) is 5.92 Å². The Morgan fingerprint density at radius 2 is 2.07 bits per heavy atom. The fraction of sp³-hybridized carbons (Fsp3) is 0.462. The molecule has 3 atom stereocenters. The van der Waals surface area contributed by atoms with E-state index < -0.39 is 0 Å². The van der Waals surface area contributed by atoms with Crippen LogP contribution in [0.5, 0.6) is 0 Å². The average molecular weight is 202 g/mol. The van der Waals surface area contributed by atoms with Crippen molar-refractivity contribution in [2.45, 2.75) is 31.3 Å². The molecule has 1 aromatic rings. The number of rotatable bonds is 1. The molecule has 1 saturated carbocycles. The number of ether oxygens (including phenoxy) is 1. The quantitative estimate of drug-likeness (QED) is 0.653. The van der Waals surface area contributed by atoms with E-state index in [9.17, 15) is 4.79 Å². The van der Waals surface area contributed by atoms with Crippen LogP contribution in [-0.2, 0) is 14.9 Å². The highest BCUT2D eigenvalue weighted by molar-refractivity contribution is 5.87. The van der Waals surface area contributed by atoms with Crippen LogP contribution in [0.2, 0.25) is 0 Å². The predicted octanol–water partition coefficient (Wildman–Crippen LogP) is 2.28. The number of carbonyl (C=O) groups excluding carboxylic acids is 1. The molecular formula is C13H14O2. The average Bonchev–Trinajstić information content (AvgIpc) is 2.71. The third-order valence-electron chi connectivity index (χ3n) is 4.07. The lowest BCUT2D eigenvalue weighted by molar-refractivity contribution is -0.149. The standard InChI is InChI=1S/C13H14O2/c1-9-11-7-8-13(9,12(14)15-11)10-5-3-2-4-6-10/h2-6,9,11H,7-8H2,1H3/t9-,11-,13-/m0/s1. The lowest BCUT2D eigenvalue weighted by Gasteiger charge is -2.26. The summed E-state index contributed by atoms with van der Waals surface area (Å²) in [5, 5.41) is 0. The highest BCUT2D eigenvalue weighted by atomic mass is 16.6. The molecular weight excluding hydrogens is 188 g/mol. The second-order valence-corrected chi connectivity index (χ2v) is 4.61. The number of esters is 1. The summed E-state index contributed by atoms with van der Waals surface area (Å²) in [5.41, 5.74) is 0.786. The van der Waals surface area contributed by atoms with Crippen molar-refractivity contribution >= 4 is 5.97 Å². The van der Waals surface area contributed by atoms with E-state index in [1.165, 1.54) is 0 Å². The molecule has 0 amide bonds. The minimum atomic E-state index is -0.341. The first-order valence-corrected chi connectivity index (χ1v) is 5.52. The van der Waals surface area contributed by atoms with E-state index >= 15 is 0 Å². The molecule has 0 aromatic heterocycles. The van der Waals surface area contributed by atoms with Crippen LogP contribution in [0.3, 0.4) is 0 Å². The molecule has 2 nitrogen and oxygen atoms in total. The molecule has 2 aliphatic rings. The zero-order valence-corrected chi connectivity index (χ0v) is 8.77. The monoisotopic (exact) mass is 202 g/mol.